The van der Waals surface area contributed by atoms with Crippen LogP contribution < -0.4 is 5.56 Å². The summed E-state index contributed by atoms with van der Waals surface area (Å²) in [5.74, 6) is 0.820. The lowest BCUT2D eigenvalue weighted by molar-refractivity contribution is 0.185. The fourth-order valence-corrected chi connectivity index (χ4v) is 3.40. The van der Waals surface area contributed by atoms with Crippen LogP contribution in [0.4, 0.5) is 0 Å². The van der Waals surface area contributed by atoms with Crippen LogP contribution in [0.1, 0.15) is 25.3 Å². The summed E-state index contributed by atoms with van der Waals surface area (Å²) in [6.07, 6.45) is 2.48. The van der Waals surface area contributed by atoms with Crippen molar-refractivity contribution in [3.8, 4) is 10.6 Å². The molecule has 1 saturated heterocycles. The van der Waals surface area contributed by atoms with Crippen molar-refractivity contribution >= 4 is 11.3 Å². The third-order valence-corrected chi connectivity index (χ3v) is 4.79. The van der Waals surface area contributed by atoms with Gasteiger partial charge in [0.15, 0.2) is 0 Å². The van der Waals surface area contributed by atoms with Gasteiger partial charge in [-0.05, 0) is 43.3 Å². The van der Waals surface area contributed by atoms with Gasteiger partial charge in [0, 0.05) is 18.2 Å². The average Bonchev–Trinajstić information content (AvgIpc) is 2.95. The first-order chi connectivity index (χ1) is 9.72. The zero-order valence-corrected chi connectivity index (χ0v) is 12.4. The van der Waals surface area contributed by atoms with E-state index in [4.69, 9.17) is 0 Å². The monoisotopic (exact) mass is 289 g/mol. The molecule has 0 spiro atoms. The second-order valence-corrected chi connectivity index (χ2v) is 6.49. The Morgan fingerprint density at radius 3 is 2.95 bits per heavy atom. The first-order valence-electron chi connectivity index (χ1n) is 7.07. The van der Waals surface area contributed by atoms with Gasteiger partial charge >= 0.3 is 0 Å². The van der Waals surface area contributed by atoms with Crippen LogP contribution >= 0.6 is 11.3 Å². The van der Waals surface area contributed by atoms with Gasteiger partial charge in [-0.15, -0.1) is 11.3 Å². The van der Waals surface area contributed by atoms with Crippen molar-refractivity contribution in [2.45, 2.75) is 26.3 Å². The van der Waals surface area contributed by atoms with E-state index in [9.17, 15) is 4.79 Å². The molecule has 20 heavy (non-hydrogen) atoms. The highest BCUT2D eigenvalue weighted by Gasteiger charge is 2.18. The molecule has 2 aromatic heterocycles. The first-order valence-corrected chi connectivity index (χ1v) is 7.95. The lowest BCUT2D eigenvalue weighted by Gasteiger charge is -2.30. The molecule has 0 radical (unpaired) electrons. The second kappa shape index (κ2) is 5.89. The molecule has 0 aliphatic carbocycles. The molecule has 0 unspecified atom stereocenters. The molecule has 3 rings (SSSR count). The quantitative estimate of drug-likeness (QED) is 0.945. The van der Waals surface area contributed by atoms with E-state index in [1.807, 2.05) is 17.5 Å². The minimum atomic E-state index is -0.120. The van der Waals surface area contributed by atoms with Gasteiger partial charge in [0.1, 0.15) is 5.69 Å². The molecule has 3 heterocycles. The van der Waals surface area contributed by atoms with E-state index in [0.29, 0.717) is 0 Å². The molecule has 0 aromatic carbocycles. The van der Waals surface area contributed by atoms with E-state index in [1.165, 1.54) is 12.8 Å². The van der Waals surface area contributed by atoms with Gasteiger partial charge in [-0.25, -0.2) is 5.10 Å². The van der Waals surface area contributed by atoms with Crippen molar-refractivity contribution in [2.75, 3.05) is 13.1 Å². The number of H-pyrrole nitrogens is 1. The Morgan fingerprint density at radius 2 is 2.25 bits per heavy atom. The largest absolute Gasteiger partial charge is 0.299 e. The predicted molar refractivity (Wildman–Crippen MR) is 81.8 cm³/mol. The molecule has 5 heteroatoms. The summed E-state index contributed by atoms with van der Waals surface area (Å²) in [7, 11) is 0. The number of nitrogens with zero attached hydrogens (tertiary/aromatic N) is 2. The van der Waals surface area contributed by atoms with Crippen LogP contribution in [-0.4, -0.2) is 28.2 Å². The molecule has 0 saturated carbocycles. The molecule has 106 valence electrons. The maximum absolute atomic E-state index is 11.6. The molecule has 0 atom stereocenters. The van der Waals surface area contributed by atoms with Gasteiger partial charge < -0.3 is 0 Å². The van der Waals surface area contributed by atoms with Crippen LogP contribution in [0.15, 0.2) is 28.4 Å². The van der Waals surface area contributed by atoms with E-state index in [0.717, 1.165) is 41.7 Å². The van der Waals surface area contributed by atoms with Gasteiger partial charge in [0.25, 0.3) is 5.56 Å². The molecule has 0 bridgehead atoms. The molecule has 0 amide bonds. The number of hydrogen-bond acceptors (Lipinski definition) is 4. The lowest BCUT2D eigenvalue weighted by Crippen LogP contribution is -2.33. The Hall–Kier alpha value is -1.46. The molecular formula is C15H19N3OS. The van der Waals surface area contributed by atoms with Gasteiger partial charge in [-0.3, -0.25) is 9.69 Å². The third kappa shape index (κ3) is 2.99. The van der Waals surface area contributed by atoms with E-state index >= 15 is 0 Å². The van der Waals surface area contributed by atoms with E-state index in [-0.39, 0.29) is 5.56 Å². The Morgan fingerprint density at radius 1 is 1.45 bits per heavy atom. The average molecular weight is 289 g/mol. The number of piperidine rings is 1. The highest BCUT2D eigenvalue weighted by atomic mass is 32.1. The number of aromatic nitrogens is 2. The first kappa shape index (κ1) is 13.5. The highest BCUT2D eigenvalue weighted by Crippen LogP contribution is 2.26. The van der Waals surface area contributed by atoms with Gasteiger partial charge in [0.2, 0.25) is 0 Å². The Kier molecular flexibility index (Phi) is 3.98. The normalized spacial score (nSPS) is 17.4. The maximum Gasteiger partial charge on any atom is 0.264 e. The Labute approximate surface area is 122 Å². The fourth-order valence-electron chi connectivity index (χ4n) is 2.65. The third-order valence-electron chi connectivity index (χ3n) is 3.91. The van der Waals surface area contributed by atoms with Crippen molar-refractivity contribution in [3.63, 3.8) is 0 Å². The Balaban J connectivity index is 1.85. The van der Waals surface area contributed by atoms with Gasteiger partial charge in [-0.2, -0.15) is 5.10 Å². The van der Waals surface area contributed by atoms with Crippen molar-refractivity contribution < 1.29 is 0 Å². The minimum Gasteiger partial charge on any atom is -0.299 e. The van der Waals surface area contributed by atoms with Crippen molar-refractivity contribution in [2.24, 2.45) is 5.92 Å². The molecular weight excluding hydrogens is 270 g/mol. The van der Waals surface area contributed by atoms with Crippen LogP contribution in [0.5, 0.6) is 0 Å². The van der Waals surface area contributed by atoms with E-state index in [1.54, 1.807) is 17.4 Å². The zero-order chi connectivity index (χ0) is 13.9. The zero-order valence-electron chi connectivity index (χ0n) is 11.6. The molecule has 1 aliphatic rings. The van der Waals surface area contributed by atoms with Gasteiger partial charge in [0.05, 0.1) is 4.88 Å². The maximum atomic E-state index is 11.6. The molecule has 2 aromatic rings. The molecule has 1 N–H and O–H groups in total. The number of nitrogens with one attached hydrogen (secondary N) is 1. The van der Waals surface area contributed by atoms with E-state index in [2.05, 4.69) is 22.0 Å². The fraction of sp³-hybridized carbons (Fsp3) is 0.467. The molecule has 4 nitrogen and oxygen atoms in total. The summed E-state index contributed by atoms with van der Waals surface area (Å²) in [4.78, 5) is 15.1. The standard InChI is InChI=1S/C15H19N3OS/c1-11-4-6-18(7-5-11)10-12-9-14(19)16-17-15(12)13-3-2-8-20-13/h2-3,8-9,11H,4-7,10H2,1H3,(H,16,19). The minimum absolute atomic E-state index is 0.120. The summed E-state index contributed by atoms with van der Waals surface area (Å²) >= 11 is 1.66. The van der Waals surface area contributed by atoms with Crippen LogP contribution in [0.25, 0.3) is 10.6 Å². The van der Waals surface area contributed by atoms with Crippen LogP contribution in [0.3, 0.4) is 0 Å². The summed E-state index contributed by atoms with van der Waals surface area (Å²) in [6, 6.07) is 5.76. The van der Waals surface area contributed by atoms with Crippen LogP contribution in [0, 0.1) is 5.92 Å². The number of likely N-dealkylation sites (tertiary alicyclic amines) is 1. The summed E-state index contributed by atoms with van der Waals surface area (Å²) in [6.45, 7) is 5.34. The highest BCUT2D eigenvalue weighted by molar-refractivity contribution is 7.13. The Bertz CT molecular complexity index is 612. The van der Waals surface area contributed by atoms with E-state index < -0.39 is 0 Å². The van der Waals surface area contributed by atoms with Crippen LogP contribution in [-0.2, 0) is 6.54 Å². The van der Waals surface area contributed by atoms with Crippen molar-refractivity contribution in [1.29, 1.82) is 0 Å². The van der Waals surface area contributed by atoms with Crippen molar-refractivity contribution in [1.82, 2.24) is 15.1 Å². The number of thiophene rings is 1. The number of hydrogen-bond donors (Lipinski definition) is 1. The lowest BCUT2D eigenvalue weighted by atomic mass is 9.99. The smallest absolute Gasteiger partial charge is 0.264 e. The summed E-state index contributed by atoms with van der Waals surface area (Å²) < 4.78 is 0. The molecule has 1 aliphatic heterocycles. The van der Waals surface area contributed by atoms with Gasteiger partial charge in [-0.1, -0.05) is 13.0 Å². The van der Waals surface area contributed by atoms with Crippen molar-refractivity contribution in [3.05, 3.63) is 39.5 Å². The summed E-state index contributed by atoms with van der Waals surface area (Å²) in [5.41, 5.74) is 1.83. The second-order valence-electron chi connectivity index (χ2n) is 5.54. The predicted octanol–water partition coefficient (Wildman–Crippen LogP) is 2.73. The summed E-state index contributed by atoms with van der Waals surface area (Å²) in [5, 5.41) is 8.84. The molecule has 1 fully saturated rings. The topological polar surface area (TPSA) is 49.0 Å². The number of aromatic amines is 1. The van der Waals surface area contributed by atoms with Crippen LogP contribution in [0.2, 0.25) is 0 Å². The number of rotatable bonds is 3. The SMILES string of the molecule is CC1CCN(Cc2cc(=O)[nH]nc2-c2cccs2)CC1.